The van der Waals surface area contributed by atoms with Crippen molar-refractivity contribution in [1.29, 1.82) is 0 Å². The second-order valence-corrected chi connectivity index (χ2v) is 6.42. The van der Waals surface area contributed by atoms with Crippen molar-refractivity contribution in [2.45, 2.75) is 25.8 Å². The lowest BCUT2D eigenvalue weighted by molar-refractivity contribution is 0.165. The van der Waals surface area contributed by atoms with Gasteiger partial charge in [-0.25, -0.2) is 0 Å². The van der Waals surface area contributed by atoms with Crippen molar-refractivity contribution in [1.82, 2.24) is 4.90 Å². The fourth-order valence-corrected chi connectivity index (χ4v) is 3.65. The molecule has 1 atom stereocenters. The molecule has 0 radical (unpaired) electrons. The minimum atomic E-state index is 0.771. The highest BCUT2D eigenvalue weighted by Crippen LogP contribution is 2.27. The summed E-state index contributed by atoms with van der Waals surface area (Å²) in [5.41, 5.74) is 1.33. The van der Waals surface area contributed by atoms with E-state index in [0.717, 1.165) is 35.0 Å². The molecule has 0 saturated carbocycles. The van der Waals surface area contributed by atoms with Crippen molar-refractivity contribution in [3.05, 3.63) is 28.2 Å². The molecule has 0 amide bonds. The topological polar surface area (TPSA) is 12.5 Å². The fourth-order valence-electron chi connectivity index (χ4n) is 2.75. The van der Waals surface area contributed by atoms with E-state index in [1.54, 1.807) is 7.11 Å². The number of likely N-dealkylation sites (tertiary alicyclic amines) is 1. The van der Waals surface area contributed by atoms with Gasteiger partial charge >= 0.3 is 0 Å². The number of hydrogen-bond acceptors (Lipinski definition) is 2. The number of halogens is 2. The van der Waals surface area contributed by atoms with Gasteiger partial charge in [-0.1, -0.05) is 6.07 Å². The standard InChI is InChI=1S/C15H21BrClNO/c1-19-15-5-4-13(9-14(15)16)11-18-8-2-3-12(10-18)6-7-17/h4-5,9,12H,2-3,6-8,10-11H2,1H3. The summed E-state index contributed by atoms with van der Waals surface area (Å²) >= 11 is 9.41. The molecule has 1 aromatic carbocycles. The number of nitrogens with zero attached hydrogens (tertiary/aromatic N) is 1. The molecule has 4 heteroatoms. The summed E-state index contributed by atoms with van der Waals surface area (Å²) in [5.74, 6) is 2.45. The monoisotopic (exact) mass is 345 g/mol. The second-order valence-electron chi connectivity index (χ2n) is 5.19. The van der Waals surface area contributed by atoms with Crippen LogP contribution in [-0.2, 0) is 6.54 Å². The molecular weight excluding hydrogens is 326 g/mol. The molecule has 19 heavy (non-hydrogen) atoms. The van der Waals surface area contributed by atoms with Gasteiger partial charge in [0.05, 0.1) is 11.6 Å². The van der Waals surface area contributed by atoms with Gasteiger partial charge in [-0.3, -0.25) is 4.90 Å². The minimum absolute atomic E-state index is 0.771. The van der Waals surface area contributed by atoms with Crippen LogP contribution in [0.1, 0.15) is 24.8 Å². The van der Waals surface area contributed by atoms with Gasteiger partial charge in [-0.2, -0.15) is 0 Å². The maximum absolute atomic E-state index is 5.86. The molecule has 1 saturated heterocycles. The van der Waals surface area contributed by atoms with Gasteiger partial charge in [-0.15, -0.1) is 11.6 Å². The molecular formula is C15H21BrClNO. The number of hydrogen-bond donors (Lipinski definition) is 0. The van der Waals surface area contributed by atoms with E-state index >= 15 is 0 Å². The van der Waals surface area contributed by atoms with Gasteiger partial charge in [0.15, 0.2) is 0 Å². The highest BCUT2D eigenvalue weighted by Gasteiger charge is 2.19. The zero-order chi connectivity index (χ0) is 13.7. The number of rotatable bonds is 5. The first kappa shape index (κ1) is 15.1. The Labute approximate surface area is 129 Å². The number of benzene rings is 1. The van der Waals surface area contributed by atoms with Crippen molar-refractivity contribution < 1.29 is 4.74 Å². The van der Waals surface area contributed by atoms with Gasteiger partial charge in [0.25, 0.3) is 0 Å². The summed E-state index contributed by atoms with van der Waals surface area (Å²) in [4.78, 5) is 2.54. The van der Waals surface area contributed by atoms with Crippen molar-refractivity contribution in [3.8, 4) is 5.75 Å². The Bertz CT molecular complexity index is 411. The van der Waals surface area contributed by atoms with Crippen LogP contribution in [0.3, 0.4) is 0 Å². The zero-order valence-electron chi connectivity index (χ0n) is 11.4. The summed E-state index contributed by atoms with van der Waals surface area (Å²) in [7, 11) is 1.70. The molecule has 0 N–H and O–H groups in total. The molecule has 0 aromatic heterocycles. The predicted molar refractivity (Wildman–Crippen MR) is 84.0 cm³/mol. The molecule has 106 valence electrons. The number of piperidine rings is 1. The van der Waals surface area contributed by atoms with E-state index in [9.17, 15) is 0 Å². The first-order valence-corrected chi connectivity index (χ1v) is 8.16. The largest absolute Gasteiger partial charge is 0.496 e. The van der Waals surface area contributed by atoms with Crippen LogP contribution >= 0.6 is 27.5 Å². The maximum atomic E-state index is 5.86. The van der Waals surface area contributed by atoms with Gasteiger partial charge < -0.3 is 4.74 Å². The van der Waals surface area contributed by atoms with Crippen molar-refractivity contribution >= 4 is 27.5 Å². The lowest BCUT2D eigenvalue weighted by Crippen LogP contribution is -2.35. The van der Waals surface area contributed by atoms with Crippen molar-refractivity contribution in [2.24, 2.45) is 5.92 Å². The number of ether oxygens (including phenoxy) is 1. The Morgan fingerprint density at radius 2 is 2.32 bits per heavy atom. The average Bonchev–Trinajstić information content (AvgIpc) is 2.40. The Morgan fingerprint density at radius 3 is 3.00 bits per heavy atom. The third-order valence-electron chi connectivity index (χ3n) is 3.74. The number of methoxy groups -OCH3 is 1. The van der Waals surface area contributed by atoms with E-state index < -0.39 is 0 Å². The Kier molecular flexibility index (Phi) is 5.99. The highest BCUT2D eigenvalue weighted by atomic mass is 79.9. The molecule has 0 bridgehead atoms. The summed E-state index contributed by atoms with van der Waals surface area (Å²) in [6, 6.07) is 6.33. The van der Waals surface area contributed by atoms with E-state index in [-0.39, 0.29) is 0 Å². The summed E-state index contributed by atoms with van der Waals surface area (Å²) in [6.45, 7) is 3.39. The van der Waals surface area contributed by atoms with E-state index in [1.165, 1.54) is 31.5 Å². The SMILES string of the molecule is COc1ccc(CN2CCCC(CCCl)C2)cc1Br. The van der Waals surface area contributed by atoms with Gasteiger partial charge in [-0.05, 0) is 65.4 Å². The zero-order valence-corrected chi connectivity index (χ0v) is 13.7. The van der Waals surface area contributed by atoms with Crippen LogP contribution in [0.4, 0.5) is 0 Å². The maximum Gasteiger partial charge on any atom is 0.133 e. The summed E-state index contributed by atoms with van der Waals surface area (Å²) in [6.07, 6.45) is 3.76. The summed E-state index contributed by atoms with van der Waals surface area (Å²) in [5, 5.41) is 0. The molecule has 0 spiro atoms. The Morgan fingerprint density at radius 1 is 1.47 bits per heavy atom. The molecule has 1 unspecified atom stereocenters. The van der Waals surface area contributed by atoms with Crippen molar-refractivity contribution in [3.63, 3.8) is 0 Å². The molecule has 1 fully saturated rings. The smallest absolute Gasteiger partial charge is 0.133 e. The highest BCUT2D eigenvalue weighted by molar-refractivity contribution is 9.10. The van der Waals surface area contributed by atoms with Gasteiger partial charge in [0, 0.05) is 19.0 Å². The number of alkyl halides is 1. The lowest BCUT2D eigenvalue weighted by atomic mass is 9.95. The van der Waals surface area contributed by atoms with E-state index in [4.69, 9.17) is 16.3 Å². The van der Waals surface area contributed by atoms with Crippen molar-refractivity contribution in [2.75, 3.05) is 26.1 Å². The van der Waals surface area contributed by atoms with E-state index in [2.05, 4.69) is 33.0 Å². The Balaban J connectivity index is 1.94. The first-order valence-electron chi connectivity index (χ1n) is 6.83. The van der Waals surface area contributed by atoms with Crippen LogP contribution in [0, 0.1) is 5.92 Å². The first-order chi connectivity index (χ1) is 9.22. The minimum Gasteiger partial charge on any atom is -0.496 e. The predicted octanol–water partition coefficient (Wildman–Crippen LogP) is 4.30. The fraction of sp³-hybridized carbons (Fsp3) is 0.600. The average molecular weight is 347 g/mol. The normalized spacial score (nSPS) is 20.5. The Hall–Kier alpha value is -0.250. The molecule has 0 aliphatic carbocycles. The molecule has 1 aliphatic rings. The van der Waals surface area contributed by atoms with E-state index in [1.807, 2.05) is 6.07 Å². The molecule has 2 rings (SSSR count). The van der Waals surface area contributed by atoms with Crippen LogP contribution in [0.15, 0.2) is 22.7 Å². The van der Waals surface area contributed by atoms with Crippen LogP contribution in [0.5, 0.6) is 5.75 Å². The molecule has 1 heterocycles. The van der Waals surface area contributed by atoms with Crippen LogP contribution in [-0.4, -0.2) is 31.0 Å². The van der Waals surface area contributed by atoms with Gasteiger partial charge in [0.2, 0.25) is 0 Å². The van der Waals surface area contributed by atoms with Gasteiger partial charge in [0.1, 0.15) is 5.75 Å². The molecule has 1 aromatic rings. The van der Waals surface area contributed by atoms with Crippen LogP contribution in [0.2, 0.25) is 0 Å². The lowest BCUT2D eigenvalue weighted by Gasteiger charge is -2.32. The molecule has 1 aliphatic heterocycles. The van der Waals surface area contributed by atoms with E-state index in [0.29, 0.717) is 0 Å². The molecule has 2 nitrogen and oxygen atoms in total. The second kappa shape index (κ2) is 7.51. The summed E-state index contributed by atoms with van der Waals surface area (Å²) < 4.78 is 6.29. The van der Waals surface area contributed by atoms with Crippen LogP contribution in [0.25, 0.3) is 0 Å². The quantitative estimate of drug-likeness (QED) is 0.737. The third kappa shape index (κ3) is 4.37. The third-order valence-corrected chi connectivity index (χ3v) is 4.58. The van der Waals surface area contributed by atoms with Crippen LogP contribution < -0.4 is 4.74 Å².